The SMILES string of the molecule is CC(C)CCCC(C)CCO[Si](OCCOCc1ccccc1)(OCCOCc1ccccc1)OCCOCc1ccccc1. The van der Waals surface area contributed by atoms with Crippen molar-refractivity contribution >= 4 is 9.05 Å². The van der Waals surface area contributed by atoms with Crippen molar-refractivity contribution < 1.29 is 31.9 Å². The van der Waals surface area contributed by atoms with Crippen LogP contribution in [0.25, 0.3) is 0 Å². The molecule has 248 valence electrons. The van der Waals surface area contributed by atoms with Gasteiger partial charge in [0.25, 0.3) is 0 Å². The highest BCUT2D eigenvalue weighted by molar-refractivity contribution is 6.53. The van der Waals surface area contributed by atoms with Gasteiger partial charge in [-0.25, -0.2) is 0 Å². The normalized spacial score (nSPS) is 12.5. The van der Waals surface area contributed by atoms with Crippen LogP contribution in [0, 0.1) is 11.8 Å². The average molecular weight is 639 g/mol. The van der Waals surface area contributed by atoms with Crippen molar-refractivity contribution in [2.45, 2.75) is 66.3 Å². The van der Waals surface area contributed by atoms with E-state index in [-0.39, 0.29) is 0 Å². The molecule has 0 heterocycles. The predicted octanol–water partition coefficient (Wildman–Crippen LogP) is 7.99. The lowest BCUT2D eigenvalue weighted by atomic mass is 9.98. The van der Waals surface area contributed by atoms with Gasteiger partial charge in [-0.1, -0.05) is 131 Å². The van der Waals surface area contributed by atoms with E-state index in [0.29, 0.717) is 72.0 Å². The topological polar surface area (TPSA) is 64.6 Å². The highest BCUT2D eigenvalue weighted by atomic mass is 28.4. The van der Waals surface area contributed by atoms with Gasteiger partial charge in [-0.05, 0) is 34.9 Å². The van der Waals surface area contributed by atoms with Crippen LogP contribution in [-0.2, 0) is 51.7 Å². The molecule has 1 unspecified atom stereocenters. The van der Waals surface area contributed by atoms with Crippen LogP contribution in [0.15, 0.2) is 91.0 Å². The van der Waals surface area contributed by atoms with Crippen molar-refractivity contribution in [3.63, 3.8) is 0 Å². The summed E-state index contributed by atoms with van der Waals surface area (Å²) in [6.45, 7) is 10.9. The second kappa shape index (κ2) is 23.0. The molecule has 3 aromatic carbocycles. The molecule has 3 rings (SSSR count). The molecule has 0 saturated carbocycles. The van der Waals surface area contributed by atoms with Gasteiger partial charge in [0.05, 0.1) is 59.5 Å². The molecule has 0 aromatic heterocycles. The highest BCUT2D eigenvalue weighted by Gasteiger charge is 2.46. The Balaban J connectivity index is 1.56. The fourth-order valence-corrected chi connectivity index (χ4v) is 6.49. The van der Waals surface area contributed by atoms with Gasteiger partial charge in [0.1, 0.15) is 0 Å². The van der Waals surface area contributed by atoms with Crippen LogP contribution in [0.1, 0.15) is 63.1 Å². The summed E-state index contributed by atoms with van der Waals surface area (Å²) in [4.78, 5) is 0. The highest BCUT2D eigenvalue weighted by Crippen LogP contribution is 2.19. The number of hydrogen-bond acceptors (Lipinski definition) is 7. The minimum atomic E-state index is -3.54. The quantitative estimate of drug-likeness (QED) is 0.0652. The van der Waals surface area contributed by atoms with Gasteiger partial charge in [0.2, 0.25) is 0 Å². The van der Waals surface area contributed by atoms with E-state index in [1.54, 1.807) is 0 Å². The number of ether oxygens (including phenoxy) is 3. The zero-order valence-corrected chi connectivity index (χ0v) is 28.6. The number of rotatable bonds is 26. The molecule has 8 heteroatoms. The molecule has 0 bridgehead atoms. The Bertz CT molecular complexity index is 981. The second-order valence-corrected chi connectivity index (χ2v) is 13.9. The number of benzene rings is 3. The summed E-state index contributed by atoms with van der Waals surface area (Å²) in [6.07, 6.45) is 4.55. The van der Waals surface area contributed by atoms with Crippen molar-refractivity contribution in [2.75, 3.05) is 46.2 Å². The maximum Gasteiger partial charge on any atom is 0.679 e. The zero-order chi connectivity index (χ0) is 31.8. The van der Waals surface area contributed by atoms with E-state index in [0.717, 1.165) is 29.0 Å². The van der Waals surface area contributed by atoms with Gasteiger partial charge in [-0.15, -0.1) is 0 Å². The molecule has 0 saturated heterocycles. The molecule has 0 amide bonds. The Morgan fingerprint density at radius 2 is 0.822 bits per heavy atom. The molecular formula is C37H54O7Si. The smallest absolute Gasteiger partial charge is 0.374 e. The van der Waals surface area contributed by atoms with Crippen LogP contribution < -0.4 is 0 Å². The molecule has 0 fully saturated rings. The first-order valence-corrected chi connectivity index (χ1v) is 18.1. The Morgan fingerprint density at radius 1 is 0.444 bits per heavy atom. The fourth-order valence-electron chi connectivity index (χ4n) is 4.62. The van der Waals surface area contributed by atoms with E-state index in [1.165, 1.54) is 19.3 Å². The van der Waals surface area contributed by atoms with Crippen LogP contribution in [0.5, 0.6) is 0 Å². The third-order valence-corrected chi connectivity index (χ3v) is 9.45. The number of hydrogen-bond donors (Lipinski definition) is 0. The van der Waals surface area contributed by atoms with Gasteiger partial charge < -0.3 is 31.9 Å². The molecular weight excluding hydrogens is 584 g/mol. The molecule has 0 aliphatic rings. The molecule has 45 heavy (non-hydrogen) atoms. The second-order valence-electron chi connectivity index (χ2n) is 11.7. The fraction of sp³-hybridized carbons (Fsp3) is 0.514. The standard InChI is InChI=1S/C37H54O7Si/c1-33(2)14-13-15-34(3)22-23-41-45(42-27-24-38-30-35-16-7-4-8-17-35,43-28-25-39-31-36-18-9-5-10-19-36)44-29-26-40-32-37-20-11-6-12-21-37/h4-12,16-21,33-34H,13-15,22-32H2,1-3H3. The molecule has 0 radical (unpaired) electrons. The van der Waals surface area contributed by atoms with E-state index in [4.69, 9.17) is 31.9 Å². The predicted molar refractivity (Wildman–Crippen MR) is 180 cm³/mol. The molecule has 1 atom stereocenters. The Labute approximate surface area is 272 Å². The third-order valence-electron chi connectivity index (χ3n) is 7.22. The van der Waals surface area contributed by atoms with Crippen molar-refractivity contribution in [1.82, 2.24) is 0 Å². The minimum Gasteiger partial charge on any atom is -0.374 e. The maximum atomic E-state index is 6.43. The van der Waals surface area contributed by atoms with E-state index in [9.17, 15) is 0 Å². The summed E-state index contributed by atoms with van der Waals surface area (Å²) < 4.78 is 43.1. The molecule has 0 N–H and O–H groups in total. The van der Waals surface area contributed by atoms with Crippen molar-refractivity contribution in [1.29, 1.82) is 0 Å². The first kappa shape index (κ1) is 37.1. The largest absolute Gasteiger partial charge is 0.679 e. The van der Waals surface area contributed by atoms with Crippen LogP contribution in [0.4, 0.5) is 0 Å². The zero-order valence-electron chi connectivity index (χ0n) is 27.6. The molecule has 3 aromatic rings. The van der Waals surface area contributed by atoms with Gasteiger partial charge in [0.15, 0.2) is 0 Å². The Kier molecular flexibility index (Phi) is 18.9. The molecule has 0 aliphatic heterocycles. The van der Waals surface area contributed by atoms with Gasteiger partial charge in [-0.2, -0.15) is 0 Å². The van der Waals surface area contributed by atoms with Crippen LogP contribution in [-0.4, -0.2) is 55.3 Å². The summed E-state index contributed by atoms with van der Waals surface area (Å²) in [5.41, 5.74) is 3.34. The molecule has 0 aliphatic carbocycles. The van der Waals surface area contributed by atoms with E-state index >= 15 is 0 Å². The van der Waals surface area contributed by atoms with Crippen molar-refractivity contribution in [2.24, 2.45) is 11.8 Å². The summed E-state index contributed by atoms with van der Waals surface area (Å²) in [5.74, 6) is 1.26. The molecule has 7 nitrogen and oxygen atoms in total. The van der Waals surface area contributed by atoms with Crippen LogP contribution >= 0.6 is 0 Å². The van der Waals surface area contributed by atoms with E-state index in [1.807, 2.05) is 91.0 Å². The van der Waals surface area contributed by atoms with E-state index in [2.05, 4.69) is 20.8 Å². The molecule has 0 spiro atoms. The first-order valence-electron chi connectivity index (χ1n) is 16.5. The lowest BCUT2D eigenvalue weighted by molar-refractivity contribution is -0.0656. The first-order chi connectivity index (χ1) is 22.0. The summed E-state index contributed by atoms with van der Waals surface area (Å²) in [5, 5.41) is 0. The van der Waals surface area contributed by atoms with Gasteiger partial charge in [-0.3, -0.25) is 0 Å². The van der Waals surface area contributed by atoms with Crippen LogP contribution in [0.2, 0.25) is 0 Å². The maximum absolute atomic E-state index is 6.43. The van der Waals surface area contributed by atoms with Crippen LogP contribution in [0.3, 0.4) is 0 Å². The Hall–Kier alpha value is -2.40. The lowest BCUT2D eigenvalue weighted by Gasteiger charge is -2.29. The summed E-state index contributed by atoms with van der Waals surface area (Å²) in [6, 6.07) is 30.3. The monoisotopic (exact) mass is 638 g/mol. The summed E-state index contributed by atoms with van der Waals surface area (Å²) >= 11 is 0. The third kappa shape index (κ3) is 17.2. The summed E-state index contributed by atoms with van der Waals surface area (Å²) in [7, 11) is -3.54. The average Bonchev–Trinajstić information content (AvgIpc) is 3.05. The van der Waals surface area contributed by atoms with Crippen molar-refractivity contribution in [3.8, 4) is 0 Å². The van der Waals surface area contributed by atoms with Gasteiger partial charge in [0, 0.05) is 6.61 Å². The lowest BCUT2D eigenvalue weighted by Crippen LogP contribution is -2.51. The Morgan fingerprint density at radius 3 is 1.20 bits per heavy atom. The van der Waals surface area contributed by atoms with E-state index < -0.39 is 9.05 Å². The van der Waals surface area contributed by atoms with Crippen molar-refractivity contribution in [3.05, 3.63) is 108 Å². The minimum absolute atomic E-state index is 0.290. The van der Waals surface area contributed by atoms with Gasteiger partial charge >= 0.3 is 9.05 Å².